The number of benzene rings is 2. The third-order valence-corrected chi connectivity index (χ3v) is 6.21. The van der Waals surface area contributed by atoms with E-state index in [1.165, 1.54) is 0 Å². The minimum absolute atomic E-state index is 0.206. The number of fused-ring (bicyclic) bond motifs is 1. The molecule has 0 spiro atoms. The second-order valence-electron chi connectivity index (χ2n) is 8.53. The summed E-state index contributed by atoms with van der Waals surface area (Å²) in [4.78, 5) is 14.2. The van der Waals surface area contributed by atoms with Gasteiger partial charge in [0.15, 0.2) is 0 Å². The normalized spacial score (nSPS) is 15.5. The molecule has 1 saturated heterocycles. The van der Waals surface area contributed by atoms with Crippen LogP contribution in [0.3, 0.4) is 0 Å². The largest absolute Gasteiger partial charge is 0.353 e. The van der Waals surface area contributed by atoms with Crippen molar-refractivity contribution in [3.8, 4) is 5.69 Å². The van der Waals surface area contributed by atoms with Gasteiger partial charge in [0, 0.05) is 31.6 Å². The average Bonchev–Trinajstić information content (AvgIpc) is 3.30. The van der Waals surface area contributed by atoms with Gasteiger partial charge < -0.3 is 4.90 Å². The molecule has 1 fully saturated rings. The zero-order chi connectivity index (χ0) is 21.4. The minimum atomic E-state index is -0.206. The van der Waals surface area contributed by atoms with E-state index in [1.54, 1.807) is 0 Å². The van der Waals surface area contributed by atoms with Crippen LogP contribution in [0.4, 0.5) is 5.82 Å². The van der Waals surface area contributed by atoms with Gasteiger partial charge in [-0.25, -0.2) is 14.6 Å². The molecule has 158 valence electrons. The molecule has 0 radical (unpaired) electrons. The van der Waals surface area contributed by atoms with E-state index in [0.29, 0.717) is 0 Å². The molecular weight excluding hydrogens is 386 g/mol. The summed E-state index contributed by atoms with van der Waals surface area (Å²) < 4.78 is 1.85. The summed E-state index contributed by atoms with van der Waals surface area (Å²) in [6.07, 6.45) is 2.04. The van der Waals surface area contributed by atoms with Crippen LogP contribution in [-0.4, -0.2) is 56.0 Å². The Hall–Kier alpha value is -3.32. The van der Waals surface area contributed by atoms with E-state index in [9.17, 15) is 0 Å². The number of hydrogen-bond donors (Lipinski definition) is 0. The van der Waals surface area contributed by atoms with E-state index in [2.05, 4.69) is 57.1 Å². The van der Waals surface area contributed by atoms with E-state index < -0.39 is 0 Å². The predicted octanol–water partition coefficient (Wildman–Crippen LogP) is 3.58. The van der Waals surface area contributed by atoms with Crippen molar-refractivity contribution in [2.24, 2.45) is 0 Å². The highest BCUT2D eigenvalue weighted by Crippen LogP contribution is 2.30. The Kier molecular flexibility index (Phi) is 4.90. The fraction of sp³-hybridized carbons (Fsp3) is 0.333. The molecule has 7 heteroatoms. The molecule has 0 atom stereocenters. The van der Waals surface area contributed by atoms with Gasteiger partial charge in [0.1, 0.15) is 17.3 Å². The molecule has 0 aliphatic carbocycles. The summed E-state index contributed by atoms with van der Waals surface area (Å²) >= 11 is 0. The molecule has 1 aliphatic rings. The first-order chi connectivity index (χ1) is 15.0. The molecule has 2 aromatic heterocycles. The standard InChI is InChI=1S/C24H27N7/c1-18-25-21-12-8-7-11-20(21)23(26-18)29-13-15-30(16-14-29)24(2,3)22-17-31(28-27-22)19-9-5-4-6-10-19/h4-12,17H,13-16H2,1-3H3. The van der Waals surface area contributed by atoms with Crippen LogP contribution in [0.25, 0.3) is 16.6 Å². The first-order valence-electron chi connectivity index (χ1n) is 10.7. The Labute approximate surface area is 182 Å². The van der Waals surface area contributed by atoms with E-state index >= 15 is 0 Å². The van der Waals surface area contributed by atoms with Crippen molar-refractivity contribution in [1.29, 1.82) is 0 Å². The van der Waals surface area contributed by atoms with Crippen molar-refractivity contribution >= 4 is 16.7 Å². The zero-order valence-electron chi connectivity index (χ0n) is 18.2. The Morgan fingerprint density at radius 3 is 2.32 bits per heavy atom. The topological polar surface area (TPSA) is 63.0 Å². The fourth-order valence-electron chi connectivity index (χ4n) is 4.30. The monoisotopic (exact) mass is 413 g/mol. The molecule has 5 rings (SSSR count). The number of anilines is 1. The third-order valence-electron chi connectivity index (χ3n) is 6.21. The van der Waals surface area contributed by atoms with Gasteiger partial charge in [-0.05, 0) is 45.0 Å². The zero-order valence-corrected chi connectivity index (χ0v) is 18.2. The Morgan fingerprint density at radius 2 is 1.55 bits per heavy atom. The smallest absolute Gasteiger partial charge is 0.140 e. The maximum absolute atomic E-state index is 4.78. The van der Waals surface area contributed by atoms with Crippen LogP contribution in [0.2, 0.25) is 0 Å². The summed E-state index contributed by atoms with van der Waals surface area (Å²) in [5.41, 5.74) is 2.80. The number of piperazine rings is 1. The number of rotatable bonds is 4. The van der Waals surface area contributed by atoms with Crippen LogP contribution in [0.5, 0.6) is 0 Å². The summed E-state index contributed by atoms with van der Waals surface area (Å²) in [6, 6.07) is 18.4. The average molecular weight is 414 g/mol. The number of nitrogens with zero attached hydrogens (tertiary/aromatic N) is 7. The number of para-hydroxylation sites is 2. The van der Waals surface area contributed by atoms with Crippen molar-refractivity contribution in [1.82, 2.24) is 29.9 Å². The van der Waals surface area contributed by atoms with E-state index in [4.69, 9.17) is 4.98 Å². The van der Waals surface area contributed by atoms with Gasteiger partial charge in [-0.2, -0.15) is 0 Å². The highest BCUT2D eigenvalue weighted by atomic mass is 15.4. The summed E-state index contributed by atoms with van der Waals surface area (Å²) in [5.74, 6) is 1.85. The van der Waals surface area contributed by atoms with Crippen LogP contribution in [0.1, 0.15) is 25.4 Å². The molecule has 1 aliphatic heterocycles. The van der Waals surface area contributed by atoms with Crippen LogP contribution in [0.15, 0.2) is 60.8 Å². The van der Waals surface area contributed by atoms with E-state index in [-0.39, 0.29) is 5.54 Å². The summed E-state index contributed by atoms with van der Waals surface area (Å²) in [7, 11) is 0. The van der Waals surface area contributed by atoms with E-state index in [1.807, 2.05) is 54.2 Å². The summed E-state index contributed by atoms with van der Waals surface area (Å²) in [5, 5.41) is 9.99. The van der Waals surface area contributed by atoms with Gasteiger partial charge in [-0.1, -0.05) is 35.5 Å². The molecule has 4 aromatic rings. The molecule has 3 heterocycles. The fourth-order valence-corrected chi connectivity index (χ4v) is 4.30. The first kappa shape index (κ1) is 19.6. The Bertz CT molecular complexity index is 1190. The predicted molar refractivity (Wildman–Crippen MR) is 122 cm³/mol. The molecule has 0 amide bonds. The van der Waals surface area contributed by atoms with Crippen molar-refractivity contribution in [3.63, 3.8) is 0 Å². The van der Waals surface area contributed by atoms with Crippen LogP contribution < -0.4 is 4.90 Å². The van der Waals surface area contributed by atoms with Crippen molar-refractivity contribution in [3.05, 3.63) is 72.3 Å². The second kappa shape index (κ2) is 7.74. The molecular formula is C24H27N7. The van der Waals surface area contributed by atoms with Gasteiger partial charge in [-0.3, -0.25) is 4.90 Å². The maximum atomic E-state index is 4.78. The van der Waals surface area contributed by atoms with E-state index in [0.717, 1.165) is 60.1 Å². The van der Waals surface area contributed by atoms with Gasteiger partial charge in [0.05, 0.1) is 22.9 Å². The quantitative estimate of drug-likeness (QED) is 0.510. The van der Waals surface area contributed by atoms with Gasteiger partial charge in [0.2, 0.25) is 0 Å². The van der Waals surface area contributed by atoms with Gasteiger partial charge in [-0.15, -0.1) is 5.10 Å². The first-order valence-corrected chi connectivity index (χ1v) is 10.7. The lowest BCUT2D eigenvalue weighted by Gasteiger charge is -2.43. The van der Waals surface area contributed by atoms with Gasteiger partial charge >= 0.3 is 0 Å². The Morgan fingerprint density at radius 1 is 0.839 bits per heavy atom. The van der Waals surface area contributed by atoms with Crippen molar-refractivity contribution in [2.75, 3.05) is 31.1 Å². The molecule has 31 heavy (non-hydrogen) atoms. The van der Waals surface area contributed by atoms with Crippen LogP contribution >= 0.6 is 0 Å². The van der Waals surface area contributed by atoms with Crippen molar-refractivity contribution < 1.29 is 0 Å². The maximum Gasteiger partial charge on any atom is 0.140 e. The highest BCUT2D eigenvalue weighted by Gasteiger charge is 2.34. The number of aryl methyl sites for hydroxylation is 1. The molecule has 0 saturated carbocycles. The lowest BCUT2D eigenvalue weighted by molar-refractivity contribution is 0.107. The highest BCUT2D eigenvalue weighted by molar-refractivity contribution is 5.89. The molecule has 0 unspecified atom stereocenters. The number of aromatic nitrogens is 5. The van der Waals surface area contributed by atoms with Crippen LogP contribution in [0, 0.1) is 6.92 Å². The third kappa shape index (κ3) is 3.65. The SMILES string of the molecule is Cc1nc(N2CCN(C(C)(C)c3cn(-c4ccccc4)nn3)CC2)c2ccccc2n1. The minimum Gasteiger partial charge on any atom is -0.353 e. The van der Waals surface area contributed by atoms with Crippen LogP contribution in [-0.2, 0) is 5.54 Å². The molecule has 2 aromatic carbocycles. The molecule has 0 bridgehead atoms. The Balaban J connectivity index is 1.34. The lowest BCUT2D eigenvalue weighted by Crippen LogP contribution is -2.53. The van der Waals surface area contributed by atoms with Gasteiger partial charge in [0.25, 0.3) is 0 Å². The molecule has 7 nitrogen and oxygen atoms in total. The van der Waals surface area contributed by atoms with Crippen molar-refractivity contribution in [2.45, 2.75) is 26.3 Å². The lowest BCUT2D eigenvalue weighted by atomic mass is 9.97. The second-order valence-corrected chi connectivity index (χ2v) is 8.53. The molecule has 0 N–H and O–H groups in total. The summed E-state index contributed by atoms with van der Waals surface area (Å²) in [6.45, 7) is 10.1. The number of hydrogen-bond acceptors (Lipinski definition) is 6.